The molecule has 13 heavy (non-hydrogen) atoms. The molecule has 1 aromatic rings. The van der Waals surface area contributed by atoms with Gasteiger partial charge in [-0.1, -0.05) is 12.1 Å². The summed E-state index contributed by atoms with van der Waals surface area (Å²) in [6, 6.07) is 6.00. The third-order valence-electron chi connectivity index (χ3n) is 2.73. The summed E-state index contributed by atoms with van der Waals surface area (Å²) in [6.45, 7) is 4.82. The number of aliphatic hydroxyl groups excluding tert-OH is 1. The monoisotopic (exact) mass is 178 g/mol. The van der Waals surface area contributed by atoms with Crippen molar-refractivity contribution in [3.8, 4) is 5.75 Å². The highest BCUT2D eigenvalue weighted by Gasteiger charge is 2.36. The Morgan fingerprint density at radius 2 is 2.31 bits per heavy atom. The number of ether oxygens (including phenoxy) is 1. The molecule has 1 atom stereocenters. The molecule has 1 N–H and O–H groups in total. The van der Waals surface area contributed by atoms with Crippen LogP contribution in [-0.2, 0) is 5.41 Å². The highest BCUT2D eigenvalue weighted by Crippen LogP contribution is 2.40. The maximum Gasteiger partial charge on any atom is 0.123 e. The van der Waals surface area contributed by atoms with E-state index >= 15 is 0 Å². The molecule has 0 saturated heterocycles. The van der Waals surface area contributed by atoms with Crippen molar-refractivity contribution in [3.63, 3.8) is 0 Å². The normalized spacial score (nSPS) is 25.5. The number of rotatable bonds is 1. The Morgan fingerprint density at radius 1 is 1.54 bits per heavy atom. The van der Waals surface area contributed by atoms with E-state index in [1.54, 1.807) is 0 Å². The van der Waals surface area contributed by atoms with Crippen molar-refractivity contribution in [3.05, 3.63) is 29.3 Å². The minimum absolute atomic E-state index is 0.144. The molecule has 0 radical (unpaired) electrons. The summed E-state index contributed by atoms with van der Waals surface area (Å²) < 4.78 is 5.53. The highest BCUT2D eigenvalue weighted by atomic mass is 16.5. The van der Waals surface area contributed by atoms with Crippen molar-refractivity contribution in [2.45, 2.75) is 19.3 Å². The van der Waals surface area contributed by atoms with Gasteiger partial charge in [-0.3, -0.25) is 0 Å². The van der Waals surface area contributed by atoms with E-state index in [9.17, 15) is 5.11 Å². The zero-order valence-corrected chi connectivity index (χ0v) is 8.00. The lowest BCUT2D eigenvalue weighted by molar-refractivity contribution is 0.171. The zero-order valence-electron chi connectivity index (χ0n) is 8.00. The second kappa shape index (κ2) is 2.74. The predicted octanol–water partition coefficient (Wildman–Crippen LogP) is 1.64. The first kappa shape index (κ1) is 8.57. The van der Waals surface area contributed by atoms with Gasteiger partial charge in [-0.25, -0.2) is 0 Å². The van der Waals surface area contributed by atoms with Crippen LogP contribution in [0, 0.1) is 6.92 Å². The van der Waals surface area contributed by atoms with Crippen LogP contribution in [0.15, 0.2) is 18.2 Å². The van der Waals surface area contributed by atoms with Gasteiger partial charge in [-0.05, 0) is 25.5 Å². The number of aliphatic hydroxyl groups is 1. The van der Waals surface area contributed by atoms with Crippen molar-refractivity contribution >= 4 is 0 Å². The number of fused-ring (bicyclic) bond motifs is 1. The standard InChI is InChI=1S/C11H14O2/c1-8-4-3-5-9-10(8)11(2,6-12)7-13-9/h3-5,12H,6-7H2,1-2H3. The van der Waals surface area contributed by atoms with Gasteiger partial charge in [-0.15, -0.1) is 0 Å². The Morgan fingerprint density at radius 3 is 3.00 bits per heavy atom. The maximum absolute atomic E-state index is 9.32. The quantitative estimate of drug-likeness (QED) is 0.708. The smallest absolute Gasteiger partial charge is 0.123 e. The summed E-state index contributed by atoms with van der Waals surface area (Å²) in [5.41, 5.74) is 2.16. The summed E-state index contributed by atoms with van der Waals surface area (Å²) in [5.74, 6) is 0.927. The topological polar surface area (TPSA) is 29.5 Å². The third kappa shape index (κ3) is 1.13. The molecular weight excluding hydrogens is 164 g/mol. The molecule has 2 rings (SSSR count). The number of hydrogen-bond acceptors (Lipinski definition) is 2. The first-order valence-electron chi connectivity index (χ1n) is 4.51. The fraction of sp³-hybridized carbons (Fsp3) is 0.455. The SMILES string of the molecule is Cc1cccc2c1C(C)(CO)CO2. The summed E-state index contributed by atoms with van der Waals surface area (Å²) in [5, 5.41) is 9.32. The molecule has 0 aromatic heterocycles. The minimum Gasteiger partial charge on any atom is -0.492 e. The predicted molar refractivity (Wildman–Crippen MR) is 51.1 cm³/mol. The van der Waals surface area contributed by atoms with E-state index < -0.39 is 0 Å². The molecule has 1 aromatic carbocycles. The van der Waals surface area contributed by atoms with E-state index in [1.807, 2.05) is 19.1 Å². The van der Waals surface area contributed by atoms with Crippen LogP contribution in [0.3, 0.4) is 0 Å². The van der Waals surface area contributed by atoms with Crippen LogP contribution < -0.4 is 4.74 Å². The summed E-state index contributed by atoms with van der Waals surface area (Å²) in [7, 11) is 0. The van der Waals surface area contributed by atoms with E-state index in [-0.39, 0.29) is 12.0 Å². The average Bonchev–Trinajstić information content (AvgIpc) is 2.47. The fourth-order valence-electron chi connectivity index (χ4n) is 1.97. The van der Waals surface area contributed by atoms with Gasteiger partial charge in [0.05, 0.1) is 18.6 Å². The Kier molecular flexibility index (Phi) is 1.81. The summed E-state index contributed by atoms with van der Waals surface area (Å²) in [6.07, 6.45) is 0. The first-order valence-corrected chi connectivity index (χ1v) is 4.51. The van der Waals surface area contributed by atoms with Crippen molar-refractivity contribution in [1.82, 2.24) is 0 Å². The average molecular weight is 178 g/mol. The molecule has 2 nitrogen and oxygen atoms in total. The van der Waals surface area contributed by atoms with Gasteiger partial charge in [0.15, 0.2) is 0 Å². The van der Waals surface area contributed by atoms with E-state index in [0.717, 1.165) is 11.3 Å². The van der Waals surface area contributed by atoms with E-state index in [4.69, 9.17) is 4.74 Å². The first-order chi connectivity index (χ1) is 6.17. The highest BCUT2D eigenvalue weighted by molar-refractivity contribution is 5.48. The molecule has 1 aliphatic rings. The Balaban J connectivity index is 2.58. The van der Waals surface area contributed by atoms with Gasteiger partial charge in [0, 0.05) is 5.56 Å². The van der Waals surface area contributed by atoms with Crippen LogP contribution in [0.1, 0.15) is 18.1 Å². The molecule has 1 unspecified atom stereocenters. The summed E-state index contributed by atoms with van der Waals surface area (Å²) >= 11 is 0. The third-order valence-corrected chi connectivity index (χ3v) is 2.73. The number of aryl methyl sites for hydroxylation is 1. The Bertz CT molecular complexity index is 333. The van der Waals surface area contributed by atoms with Crippen molar-refractivity contribution in [2.75, 3.05) is 13.2 Å². The van der Waals surface area contributed by atoms with Crippen molar-refractivity contribution < 1.29 is 9.84 Å². The lowest BCUT2D eigenvalue weighted by atomic mass is 9.83. The largest absolute Gasteiger partial charge is 0.492 e. The van der Waals surface area contributed by atoms with Gasteiger partial charge in [-0.2, -0.15) is 0 Å². The molecule has 1 aliphatic heterocycles. The van der Waals surface area contributed by atoms with Gasteiger partial charge in [0.25, 0.3) is 0 Å². The van der Waals surface area contributed by atoms with Crippen LogP contribution in [0.2, 0.25) is 0 Å². The molecule has 2 heteroatoms. The molecule has 1 heterocycles. The van der Waals surface area contributed by atoms with Crippen LogP contribution in [-0.4, -0.2) is 18.3 Å². The number of hydrogen-bond donors (Lipinski definition) is 1. The molecule has 0 fully saturated rings. The van der Waals surface area contributed by atoms with Crippen LogP contribution in [0.25, 0.3) is 0 Å². The van der Waals surface area contributed by atoms with E-state index in [2.05, 4.69) is 13.0 Å². The maximum atomic E-state index is 9.32. The van der Waals surface area contributed by atoms with Crippen molar-refractivity contribution in [2.24, 2.45) is 0 Å². The molecule has 0 bridgehead atoms. The lowest BCUT2D eigenvalue weighted by Gasteiger charge is -2.20. The van der Waals surface area contributed by atoms with Crippen LogP contribution in [0.5, 0.6) is 5.75 Å². The van der Waals surface area contributed by atoms with Gasteiger partial charge < -0.3 is 9.84 Å². The Hall–Kier alpha value is -1.02. The fourth-order valence-corrected chi connectivity index (χ4v) is 1.97. The molecule has 0 spiro atoms. The zero-order chi connectivity index (χ0) is 9.47. The van der Waals surface area contributed by atoms with Gasteiger partial charge >= 0.3 is 0 Å². The summed E-state index contributed by atoms with van der Waals surface area (Å²) in [4.78, 5) is 0. The second-order valence-electron chi connectivity index (χ2n) is 3.96. The van der Waals surface area contributed by atoms with Crippen LogP contribution >= 0.6 is 0 Å². The second-order valence-corrected chi connectivity index (χ2v) is 3.96. The van der Waals surface area contributed by atoms with Gasteiger partial charge in [0.1, 0.15) is 5.75 Å². The number of benzene rings is 1. The molecule has 0 amide bonds. The van der Waals surface area contributed by atoms with E-state index in [1.165, 1.54) is 5.56 Å². The molecule has 0 saturated carbocycles. The van der Waals surface area contributed by atoms with Crippen LogP contribution in [0.4, 0.5) is 0 Å². The van der Waals surface area contributed by atoms with E-state index in [0.29, 0.717) is 6.61 Å². The minimum atomic E-state index is -0.208. The molecule has 70 valence electrons. The van der Waals surface area contributed by atoms with Gasteiger partial charge in [0.2, 0.25) is 0 Å². The lowest BCUT2D eigenvalue weighted by Crippen LogP contribution is -2.28. The van der Waals surface area contributed by atoms with Crippen molar-refractivity contribution in [1.29, 1.82) is 0 Å². The Labute approximate surface area is 78.2 Å². The molecule has 0 aliphatic carbocycles. The molecular formula is C11H14O2.